The number of hydrogen-bond donors (Lipinski definition) is 0. The van der Waals surface area contributed by atoms with Crippen LogP contribution in [0, 0.1) is 5.92 Å². The first kappa shape index (κ1) is 24.2. The molecule has 3 nitrogen and oxygen atoms in total. The fourth-order valence-corrected chi connectivity index (χ4v) is 3.67. The zero-order valence-electron chi connectivity index (χ0n) is 19.3. The molecule has 30 heavy (non-hydrogen) atoms. The van der Waals surface area contributed by atoms with Crippen LogP contribution in [-0.2, 0) is 6.42 Å². The van der Waals surface area contributed by atoms with Crippen molar-refractivity contribution in [1.29, 1.82) is 0 Å². The molecule has 1 heterocycles. The SMILES string of the molecule is CCCCCCCCc1cnc(-c2ccc(C(=O)CCCCC(C)CC)cc2)nc1. The summed E-state index contributed by atoms with van der Waals surface area (Å²) in [7, 11) is 0. The summed E-state index contributed by atoms with van der Waals surface area (Å²) >= 11 is 0. The number of carbonyl (C=O) groups is 1. The first-order valence-corrected chi connectivity index (χ1v) is 12.1. The second-order valence-electron chi connectivity index (χ2n) is 8.69. The number of rotatable bonds is 15. The third-order valence-corrected chi connectivity index (χ3v) is 6.04. The van der Waals surface area contributed by atoms with Crippen LogP contribution in [0.25, 0.3) is 11.4 Å². The number of benzene rings is 1. The van der Waals surface area contributed by atoms with Crippen LogP contribution < -0.4 is 0 Å². The van der Waals surface area contributed by atoms with E-state index in [2.05, 4.69) is 30.7 Å². The molecule has 0 aliphatic heterocycles. The maximum Gasteiger partial charge on any atom is 0.162 e. The smallest absolute Gasteiger partial charge is 0.162 e. The van der Waals surface area contributed by atoms with E-state index in [9.17, 15) is 4.79 Å². The van der Waals surface area contributed by atoms with Gasteiger partial charge in [0.15, 0.2) is 11.6 Å². The van der Waals surface area contributed by atoms with Crippen molar-refractivity contribution in [2.24, 2.45) is 5.92 Å². The zero-order valence-corrected chi connectivity index (χ0v) is 19.3. The number of aryl methyl sites for hydroxylation is 1. The van der Waals surface area contributed by atoms with E-state index in [1.807, 2.05) is 36.7 Å². The summed E-state index contributed by atoms with van der Waals surface area (Å²) in [5.74, 6) is 1.73. The highest BCUT2D eigenvalue weighted by Gasteiger charge is 2.08. The summed E-state index contributed by atoms with van der Waals surface area (Å²) < 4.78 is 0. The van der Waals surface area contributed by atoms with E-state index in [-0.39, 0.29) is 5.78 Å². The van der Waals surface area contributed by atoms with Crippen LogP contribution in [0.15, 0.2) is 36.7 Å². The molecular weight excluding hydrogens is 368 g/mol. The Hall–Kier alpha value is -2.03. The lowest BCUT2D eigenvalue weighted by Crippen LogP contribution is -2.00. The normalized spacial score (nSPS) is 12.1. The van der Waals surface area contributed by atoms with E-state index in [1.54, 1.807) is 0 Å². The van der Waals surface area contributed by atoms with Crippen LogP contribution in [0.1, 0.15) is 107 Å². The molecule has 164 valence electrons. The molecule has 0 aliphatic carbocycles. The second kappa shape index (κ2) is 14.1. The third kappa shape index (κ3) is 8.77. The van der Waals surface area contributed by atoms with Gasteiger partial charge < -0.3 is 0 Å². The summed E-state index contributed by atoms with van der Waals surface area (Å²) in [4.78, 5) is 21.5. The van der Waals surface area contributed by atoms with Gasteiger partial charge in [0, 0.05) is 29.9 Å². The van der Waals surface area contributed by atoms with Crippen molar-refractivity contribution >= 4 is 5.78 Å². The number of nitrogens with zero attached hydrogens (tertiary/aromatic N) is 2. The van der Waals surface area contributed by atoms with Crippen molar-refractivity contribution < 1.29 is 4.79 Å². The Balaban J connectivity index is 1.77. The molecule has 0 bridgehead atoms. The molecule has 0 saturated heterocycles. The molecule has 0 amide bonds. The number of ketones is 1. The molecule has 0 aliphatic rings. The molecule has 2 aromatic rings. The predicted octanol–water partition coefficient (Wildman–Crippen LogP) is 7.84. The van der Waals surface area contributed by atoms with Crippen molar-refractivity contribution in [2.75, 3.05) is 0 Å². The van der Waals surface area contributed by atoms with Crippen LogP contribution in [0.5, 0.6) is 0 Å². The highest BCUT2D eigenvalue weighted by molar-refractivity contribution is 5.96. The van der Waals surface area contributed by atoms with Gasteiger partial charge in [0.05, 0.1) is 0 Å². The molecule has 0 N–H and O–H groups in total. The molecule has 1 atom stereocenters. The van der Waals surface area contributed by atoms with Crippen molar-refractivity contribution in [3.8, 4) is 11.4 Å². The minimum atomic E-state index is 0.237. The van der Waals surface area contributed by atoms with Gasteiger partial charge in [0.1, 0.15) is 0 Å². The Morgan fingerprint density at radius 1 is 0.867 bits per heavy atom. The second-order valence-corrected chi connectivity index (χ2v) is 8.69. The first-order valence-electron chi connectivity index (χ1n) is 12.1. The van der Waals surface area contributed by atoms with Crippen molar-refractivity contribution in [3.63, 3.8) is 0 Å². The Bertz CT molecular complexity index is 722. The van der Waals surface area contributed by atoms with Crippen molar-refractivity contribution in [3.05, 3.63) is 47.8 Å². The van der Waals surface area contributed by atoms with Crippen molar-refractivity contribution in [1.82, 2.24) is 9.97 Å². The van der Waals surface area contributed by atoms with E-state index in [4.69, 9.17) is 0 Å². The van der Waals surface area contributed by atoms with Crippen LogP contribution in [-0.4, -0.2) is 15.8 Å². The first-order chi connectivity index (χ1) is 14.6. The van der Waals surface area contributed by atoms with E-state index >= 15 is 0 Å². The molecule has 1 aromatic carbocycles. The monoisotopic (exact) mass is 408 g/mol. The fourth-order valence-electron chi connectivity index (χ4n) is 3.67. The van der Waals surface area contributed by atoms with E-state index in [0.717, 1.165) is 42.1 Å². The minimum Gasteiger partial charge on any atom is -0.294 e. The molecule has 0 saturated carbocycles. The largest absolute Gasteiger partial charge is 0.294 e. The maximum absolute atomic E-state index is 12.4. The minimum absolute atomic E-state index is 0.237. The van der Waals surface area contributed by atoms with E-state index in [1.165, 1.54) is 56.9 Å². The number of carbonyl (C=O) groups excluding carboxylic acids is 1. The van der Waals surface area contributed by atoms with Gasteiger partial charge in [-0.2, -0.15) is 0 Å². The number of unbranched alkanes of at least 4 members (excludes halogenated alkanes) is 6. The number of aromatic nitrogens is 2. The topological polar surface area (TPSA) is 42.9 Å². The lowest BCUT2D eigenvalue weighted by atomic mass is 9.98. The van der Waals surface area contributed by atoms with Gasteiger partial charge in [-0.1, -0.05) is 96.4 Å². The predicted molar refractivity (Wildman–Crippen MR) is 127 cm³/mol. The average Bonchev–Trinajstić information content (AvgIpc) is 2.79. The lowest BCUT2D eigenvalue weighted by Gasteiger charge is -2.07. The molecule has 1 unspecified atom stereocenters. The Labute approximate surface area is 183 Å². The molecule has 3 heteroatoms. The number of Topliss-reactive ketones (excluding diaryl/α,β-unsaturated/α-hetero) is 1. The molecule has 0 fully saturated rings. The van der Waals surface area contributed by atoms with E-state index < -0.39 is 0 Å². The Morgan fingerprint density at radius 3 is 2.20 bits per heavy atom. The van der Waals surface area contributed by atoms with Gasteiger partial charge >= 0.3 is 0 Å². The van der Waals surface area contributed by atoms with Gasteiger partial charge in [-0.25, -0.2) is 9.97 Å². The van der Waals surface area contributed by atoms with Crippen LogP contribution >= 0.6 is 0 Å². The van der Waals surface area contributed by atoms with Crippen LogP contribution in [0.4, 0.5) is 0 Å². The van der Waals surface area contributed by atoms with Gasteiger partial charge in [0.2, 0.25) is 0 Å². The average molecular weight is 409 g/mol. The molecule has 0 spiro atoms. The van der Waals surface area contributed by atoms with Crippen LogP contribution in [0.3, 0.4) is 0 Å². The summed E-state index contributed by atoms with van der Waals surface area (Å²) in [5.41, 5.74) is 2.97. The van der Waals surface area contributed by atoms with Gasteiger partial charge in [-0.05, 0) is 30.7 Å². The molecule has 0 radical (unpaired) electrons. The number of hydrogen-bond acceptors (Lipinski definition) is 3. The zero-order chi connectivity index (χ0) is 21.6. The van der Waals surface area contributed by atoms with Crippen molar-refractivity contribution in [2.45, 2.75) is 97.8 Å². The standard InChI is InChI=1S/C27H40N2O/c1-4-6-7-8-9-10-14-23-20-28-27(29-21-23)25-18-16-24(17-19-25)26(30)15-12-11-13-22(3)5-2/h16-22H,4-15H2,1-3H3. The van der Waals surface area contributed by atoms with Gasteiger partial charge in [0.25, 0.3) is 0 Å². The quantitative estimate of drug-likeness (QED) is 0.223. The Kier molecular flexibility index (Phi) is 11.4. The fraction of sp³-hybridized carbons (Fsp3) is 0.593. The molecular formula is C27H40N2O. The summed E-state index contributed by atoms with van der Waals surface area (Å²) in [6, 6.07) is 7.77. The highest BCUT2D eigenvalue weighted by atomic mass is 16.1. The third-order valence-electron chi connectivity index (χ3n) is 6.04. The highest BCUT2D eigenvalue weighted by Crippen LogP contribution is 2.18. The van der Waals surface area contributed by atoms with Gasteiger partial charge in [-0.3, -0.25) is 4.79 Å². The summed E-state index contributed by atoms with van der Waals surface area (Å²) in [5, 5.41) is 0. The van der Waals surface area contributed by atoms with E-state index in [0.29, 0.717) is 6.42 Å². The summed E-state index contributed by atoms with van der Waals surface area (Å²) in [6.07, 6.45) is 18.0. The Morgan fingerprint density at radius 2 is 1.53 bits per heavy atom. The molecule has 1 aromatic heterocycles. The summed E-state index contributed by atoms with van der Waals surface area (Å²) in [6.45, 7) is 6.76. The molecule has 2 rings (SSSR count). The lowest BCUT2D eigenvalue weighted by molar-refractivity contribution is 0.0978. The van der Waals surface area contributed by atoms with Gasteiger partial charge in [-0.15, -0.1) is 0 Å². The van der Waals surface area contributed by atoms with Crippen LogP contribution in [0.2, 0.25) is 0 Å². The maximum atomic E-state index is 12.4.